The minimum absolute atomic E-state index is 0.125. The van der Waals surface area contributed by atoms with E-state index in [1.807, 2.05) is 0 Å². The summed E-state index contributed by atoms with van der Waals surface area (Å²) in [6.07, 6.45) is 1.19. The Kier molecular flexibility index (Phi) is 2.96. The van der Waals surface area contributed by atoms with Gasteiger partial charge in [-0.3, -0.25) is 0 Å². The fourth-order valence-corrected chi connectivity index (χ4v) is 1.03. The number of aliphatic imine (C=N–C) groups is 1. The number of isocyanates is 1. The summed E-state index contributed by atoms with van der Waals surface area (Å²) in [4.78, 5) is 23.5. The molecule has 0 saturated heterocycles. The molecule has 1 aromatic rings. The Labute approximate surface area is 82.6 Å². The lowest BCUT2D eigenvalue weighted by Crippen LogP contribution is -1.99. The van der Waals surface area contributed by atoms with Gasteiger partial charge in [0.05, 0.1) is 16.3 Å². The van der Waals surface area contributed by atoms with Crippen molar-refractivity contribution < 1.29 is 19.1 Å². The summed E-state index contributed by atoms with van der Waals surface area (Å²) in [5.41, 5.74) is -0.719. The average molecular weight is 216 g/mol. The summed E-state index contributed by atoms with van der Waals surface area (Å²) >= 11 is 5.48. The molecule has 0 saturated carbocycles. The van der Waals surface area contributed by atoms with Crippen molar-refractivity contribution in [2.75, 3.05) is 0 Å². The third kappa shape index (κ3) is 1.96. The van der Waals surface area contributed by atoms with Crippen molar-refractivity contribution in [1.82, 2.24) is 0 Å². The van der Waals surface area contributed by atoms with Gasteiger partial charge in [0.2, 0.25) is 6.08 Å². The van der Waals surface area contributed by atoms with Gasteiger partial charge in [0, 0.05) is 0 Å². The average Bonchev–Trinajstić information content (AvgIpc) is 2.09. The number of halogens is 2. The van der Waals surface area contributed by atoms with E-state index in [1.54, 1.807) is 0 Å². The third-order valence-corrected chi connectivity index (χ3v) is 1.74. The molecule has 4 nitrogen and oxygen atoms in total. The molecule has 6 heteroatoms. The SMILES string of the molecule is O=C=Nc1cc(C(=O)O)c(F)cc1Cl. The summed E-state index contributed by atoms with van der Waals surface area (Å²) in [6.45, 7) is 0. The highest BCUT2D eigenvalue weighted by Crippen LogP contribution is 2.27. The molecule has 0 amide bonds. The first kappa shape index (κ1) is 10.4. The number of carboxylic acids is 1. The number of carbonyl (C=O) groups is 1. The molecule has 0 spiro atoms. The maximum atomic E-state index is 12.9. The highest BCUT2D eigenvalue weighted by Gasteiger charge is 2.13. The van der Waals surface area contributed by atoms with Gasteiger partial charge >= 0.3 is 5.97 Å². The molecule has 0 aliphatic rings. The lowest BCUT2D eigenvalue weighted by atomic mass is 10.2. The maximum absolute atomic E-state index is 12.9. The Morgan fingerprint density at radius 3 is 2.71 bits per heavy atom. The van der Waals surface area contributed by atoms with Gasteiger partial charge < -0.3 is 5.11 Å². The number of nitrogens with zero attached hydrogens (tertiary/aromatic N) is 1. The number of carbonyl (C=O) groups excluding carboxylic acids is 1. The van der Waals surface area contributed by atoms with Crippen LogP contribution < -0.4 is 0 Å². The van der Waals surface area contributed by atoms with Gasteiger partial charge in [-0.05, 0) is 12.1 Å². The third-order valence-electron chi connectivity index (χ3n) is 1.43. The fourth-order valence-electron chi connectivity index (χ4n) is 0.836. The quantitative estimate of drug-likeness (QED) is 0.607. The largest absolute Gasteiger partial charge is 0.478 e. The highest BCUT2D eigenvalue weighted by molar-refractivity contribution is 6.33. The molecule has 0 aliphatic carbocycles. The van der Waals surface area contributed by atoms with E-state index in [-0.39, 0.29) is 10.7 Å². The highest BCUT2D eigenvalue weighted by atomic mass is 35.5. The van der Waals surface area contributed by atoms with Crippen LogP contribution in [0.5, 0.6) is 0 Å². The van der Waals surface area contributed by atoms with Crippen molar-refractivity contribution in [1.29, 1.82) is 0 Å². The number of rotatable bonds is 2. The zero-order valence-electron chi connectivity index (χ0n) is 6.62. The smallest absolute Gasteiger partial charge is 0.338 e. The Morgan fingerprint density at radius 2 is 2.21 bits per heavy atom. The summed E-state index contributed by atoms with van der Waals surface area (Å²) in [7, 11) is 0. The molecular formula is C8H3ClFNO3. The molecule has 0 heterocycles. The molecule has 0 aromatic heterocycles. The van der Waals surface area contributed by atoms with Crippen molar-refractivity contribution in [2.24, 2.45) is 4.99 Å². The van der Waals surface area contributed by atoms with Gasteiger partial charge in [-0.1, -0.05) is 11.6 Å². The zero-order valence-corrected chi connectivity index (χ0v) is 7.38. The van der Waals surface area contributed by atoms with Crippen molar-refractivity contribution in [3.05, 3.63) is 28.5 Å². The van der Waals surface area contributed by atoms with Crippen LogP contribution in [0, 0.1) is 5.82 Å². The molecule has 72 valence electrons. The lowest BCUT2D eigenvalue weighted by molar-refractivity contribution is 0.0692. The lowest BCUT2D eigenvalue weighted by Gasteiger charge is -2.00. The van der Waals surface area contributed by atoms with Crippen LogP contribution in [0.1, 0.15) is 10.4 Å². The molecule has 0 atom stereocenters. The van der Waals surface area contributed by atoms with Crippen molar-refractivity contribution in [3.8, 4) is 0 Å². The van der Waals surface area contributed by atoms with Crippen LogP contribution in [0.3, 0.4) is 0 Å². The van der Waals surface area contributed by atoms with Crippen LogP contribution in [-0.2, 0) is 4.79 Å². The molecule has 1 aromatic carbocycles. The van der Waals surface area contributed by atoms with Crippen molar-refractivity contribution >= 4 is 29.3 Å². The first-order valence-electron chi connectivity index (χ1n) is 3.36. The summed E-state index contributed by atoms with van der Waals surface area (Å²) < 4.78 is 12.9. The van der Waals surface area contributed by atoms with Crippen LogP contribution in [-0.4, -0.2) is 17.2 Å². The normalized spacial score (nSPS) is 9.29. The van der Waals surface area contributed by atoms with E-state index in [1.165, 1.54) is 6.08 Å². The van der Waals surface area contributed by atoms with Gasteiger partial charge in [-0.15, -0.1) is 0 Å². The van der Waals surface area contributed by atoms with Gasteiger partial charge in [-0.2, -0.15) is 4.99 Å². The number of carboxylic acid groups (broad SMARTS) is 1. The van der Waals surface area contributed by atoms with E-state index in [2.05, 4.69) is 4.99 Å². The molecule has 0 bridgehead atoms. The zero-order chi connectivity index (χ0) is 10.7. The first-order chi connectivity index (χ1) is 6.56. The van der Waals surface area contributed by atoms with E-state index in [9.17, 15) is 14.0 Å². The topological polar surface area (TPSA) is 66.7 Å². The first-order valence-corrected chi connectivity index (χ1v) is 3.74. The minimum atomic E-state index is -1.46. The van der Waals surface area contributed by atoms with Crippen molar-refractivity contribution in [3.63, 3.8) is 0 Å². The summed E-state index contributed by atoms with van der Waals surface area (Å²) in [5, 5.41) is 8.38. The van der Waals surface area contributed by atoms with Crippen LogP contribution in [0.2, 0.25) is 5.02 Å². The molecule has 0 fully saturated rings. The Balaban J connectivity index is 3.41. The van der Waals surface area contributed by atoms with Gasteiger partial charge in [0.25, 0.3) is 0 Å². The van der Waals surface area contributed by atoms with Crippen LogP contribution in [0.15, 0.2) is 17.1 Å². The molecule has 14 heavy (non-hydrogen) atoms. The molecular weight excluding hydrogens is 213 g/mol. The van der Waals surface area contributed by atoms with Crippen molar-refractivity contribution in [2.45, 2.75) is 0 Å². The van der Waals surface area contributed by atoms with Gasteiger partial charge in [0.15, 0.2) is 0 Å². The number of hydrogen-bond donors (Lipinski definition) is 1. The molecule has 0 aliphatic heterocycles. The van der Waals surface area contributed by atoms with E-state index in [0.717, 1.165) is 12.1 Å². The molecule has 1 rings (SSSR count). The number of hydrogen-bond acceptors (Lipinski definition) is 3. The van der Waals surface area contributed by atoms with E-state index >= 15 is 0 Å². The standard InChI is InChI=1S/C8H3ClFNO3/c9-5-2-6(10)4(8(13)14)1-7(5)11-3-12/h1-2H,(H,13,14). The molecule has 0 radical (unpaired) electrons. The fraction of sp³-hybridized carbons (Fsp3) is 0. The minimum Gasteiger partial charge on any atom is -0.478 e. The van der Waals surface area contributed by atoms with E-state index in [4.69, 9.17) is 16.7 Å². The second kappa shape index (κ2) is 4.00. The second-order valence-corrected chi connectivity index (χ2v) is 2.70. The van der Waals surface area contributed by atoms with E-state index < -0.39 is 17.3 Å². The predicted octanol–water partition coefficient (Wildman–Crippen LogP) is 2.14. The summed E-state index contributed by atoms with van der Waals surface area (Å²) in [5.74, 6) is -2.44. The summed E-state index contributed by atoms with van der Waals surface area (Å²) in [6, 6.07) is 1.64. The van der Waals surface area contributed by atoms with Crippen LogP contribution >= 0.6 is 11.6 Å². The second-order valence-electron chi connectivity index (χ2n) is 2.29. The molecule has 1 N–H and O–H groups in total. The number of benzene rings is 1. The number of aromatic carboxylic acids is 1. The predicted molar refractivity (Wildman–Crippen MR) is 46.2 cm³/mol. The Bertz CT molecular complexity index is 417. The Hall–Kier alpha value is -1.71. The Morgan fingerprint density at radius 1 is 1.57 bits per heavy atom. The van der Waals surface area contributed by atoms with E-state index in [0.29, 0.717) is 0 Å². The van der Waals surface area contributed by atoms with Crippen LogP contribution in [0.25, 0.3) is 0 Å². The monoisotopic (exact) mass is 215 g/mol. The van der Waals surface area contributed by atoms with Crippen LogP contribution in [0.4, 0.5) is 10.1 Å². The van der Waals surface area contributed by atoms with Gasteiger partial charge in [0.1, 0.15) is 5.82 Å². The maximum Gasteiger partial charge on any atom is 0.338 e. The molecule has 0 unspecified atom stereocenters. The van der Waals surface area contributed by atoms with Gasteiger partial charge in [-0.25, -0.2) is 14.0 Å².